The number of nitrogens with one attached hydrogen (secondary N) is 1. The molecule has 2 aromatic heterocycles. The molecule has 5 nitrogen and oxygen atoms in total. The minimum Gasteiger partial charge on any atom is -0.337 e. The number of carbonyl (C=O) groups is 1. The van der Waals surface area contributed by atoms with E-state index < -0.39 is 5.54 Å². The highest BCUT2D eigenvalue weighted by molar-refractivity contribution is 8.00. The van der Waals surface area contributed by atoms with Crippen LogP contribution >= 0.6 is 23.1 Å². The third-order valence-electron chi connectivity index (χ3n) is 4.62. The van der Waals surface area contributed by atoms with Crippen LogP contribution in [0.3, 0.4) is 0 Å². The highest BCUT2D eigenvalue weighted by atomic mass is 32.2. The van der Waals surface area contributed by atoms with Crippen LogP contribution in [0.5, 0.6) is 0 Å². The number of thiophene rings is 1. The highest BCUT2D eigenvalue weighted by Crippen LogP contribution is 2.37. The van der Waals surface area contributed by atoms with Gasteiger partial charge in [-0.2, -0.15) is 5.26 Å². The molecule has 1 amide bonds. The quantitative estimate of drug-likeness (QED) is 0.469. The van der Waals surface area contributed by atoms with Crippen LogP contribution in [-0.4, -0.2) is 27.2 Å². The average Bonchev–Trinajstić information content (AvgIpc) is 3.11. The van der Waals surface area contributed by atoms with Gasteiger partial charge in [-0.3, -0.25) is 4.79 Å². The summed E-state index contributed by atoms with van der Waals surface area (Å²) in [5.41, 5.74) is 0.860. The number of carbonyl (C=O) groups excluding carboxylic acids is 1. The van der Waals surface area contributed by atoms with Crippen LogP contribution in [0.2, 0.25) is 0 Å². The van der Waals surface area contributed by atoms with Gasteiger partial charge in [-0.05, 0) is 30.5 Å². The molecule has 3 rings (SSSR count). The van der Waals surface area contributed by atoms with Gasteiger partial charge in [-0.15, -0.1) is 11.3 Å². The standard InChI is InChI=1S/C20H19FN4OS2/c1-12(2)20(3,10-22)25-16(26)9-28-19-17-15(8-27-18(17)23-11-24-19)13-4-6-14(21)7-5-13/h4-8,11-12H,9H2,1-3H3,(H,25,26). The summed E-state index contributed by atoms with van der Waals surface area (Å²) >= 11 is 2.77. The summed E-state index contributed by atoms with van der Waals surface area (Å²) in [6.45, 7) is 5.50. The number of aromatic nitrogens is 2. The van der Waals surface area contributed by atoms with Gasteiger partial charge in [0.05, 0.1) is 17.2 Å². The molecular formula is C20H19FN4OS2. The van der Waals surface area contributed by atoms with E-state index in [1.54, 1.807) is 19.1 Å². The molecule has 0 saturated carbocycles. The first kappa shape index (κ1) is 20.2. The van der Waals surface area contributed by atoms with Gasteiger partial charge >= 0.3 is 0 Å². The smallest absolute Gasteiger partial charge is 0.231 e. The lowest BCUT2D eigenvalue weighted by atomic mass is 9.90. The van der Waals surface area contributed by atoms with Gasteiger partial charge in [-0.25, -0.2) is 14.4 Å². The second-order valence-corrected chi connectivity index (χ2v) is 8.64. The number of benzene rings is 1. The molecule has 0 aliphatic carbocycles. The third-order valence-corrected chi connectivity index (χ3v) is 6.49. The van der Waals surface area contributed by atoms with Gasteiger partial charge < -0.3 is 5.32 Å². The van der Waals surface area contributed by atoms with Crippen LogP contribution in [-0.2, 0) is 4.79 Å². The van der Waals surface area contributed by atoms with Crippen LogP contribution in [0.25, 0.3) is 21.3 Å². The molecule has 1 atom stereocenters. The third kappa shape index (κ3) is 4.16. The lowest BCUT2D eigenvalue weighted by molar-refractivity contribution is -0.120. The number of rotatable bonds is 6. The van der Waals surface area contributed by atoms with Crippen molar-refractivity contribution >= 4 is 39.2 Å². The molecule has 1 N–H and O–H groups in total. The van der Waals surface area contributed by atoms with Gasteiger partial charge in [0.15, 0.2) is 0 Å². The van der Waals surface area contributed by atoms with E-state index in [2.05, 4.69) is 21.4 Å². The van der Waals surface area contributed by atoms with Crippen molar-refractivity contribution in [3.63, 3.8) is 0 Å². The monoisotopic (exact) mass is 414 g/mol. The fourth-order valence-corrected chi connectivity index (χ4v) is 4.35. The van der Waals surface area contributed by atoms with E-state index in [9.17, 15) is 14.4 Å². The molecule has 8 heteroatoms. The van der Waals surface area contributed by atoms with Gasteiger partial charge in [0.25, 0.3) is 0 Å². The SMILES string of the molecule is CC(C)C(C)(C#N)NC(=O)CSc1ncnc2scc(-c3ccc(F)cc3)c12. The van der Waals surface area contributed by atoms with Crippen LogP contribution < -0.4 is 5.32 Å². The molecule has 28 heavy (non-hydrogen) atoms. The van der Waals surface area contributed by atoms with E-state index in [0.29, 0.717) is 5.03 Å². The van der Waals surface area contributed by atoms with Crippen LogP contribution in [0.1, 0.15) is 20.8 Å². The molecule has 2 heterocycles. The fraction of sp³-hybridized carbons (Fsp3) is 0.300. The Kier molecular flexibility index (Phi) is 5.96. The number of nitriles is 1. The fourth-order valence-electron chi connectivity index (χ4n) is 2.56. The van der Waals surface area contributed by atoms with Crippen molar-refractivity contribution in [3.05, 3.63) is 41.8 Å². The molecule has 144 valence electrons. The Morgan fingerprint density at radius 2 is 2.07 bits per heavy atom. The second kappa shape index (κ2) is 8.25. The molecule has 1 aromatic carbocycles. The molecule has 0 fully saturated rings. The Morgan fingerprint density at radius 1 is 1.36 bits per heavy atom. The van der Waals surface area contributed by atoms with Gasteiger partial charge in [-0.1, -0.05) is 37.7 Å². The van der Waals surface area contributed by atoms with E-state index in [0.717, 1.165) is 21.3 Å². The summed E-state index contributed by atoms with van der Waals surface area (Å²) < 4.78 is 13.3. The molecule has 0 saturated heterocycles. The number of amides is 1. The number of thioether (sulfide) groups is 1. The first-order valence-electron chi connectivity index (χ1n) is 8.67. The molecule has 1 unspecified atom stereocenters. The number of hydrogen-bond donors (Lipinski definition) is 1. The Labute approximate surface area is 171 Å². The zero-order valence-corrected chi connectivity index (χ0v) is 17.3. The molecule has 3 aromatic rings. The minimum absolute atomic E-state index is 0.0147. The predicted octanol–water partition coefficient (Wildman–Crippen LogP) is 4.64. The molecule has 0 bridgehead atoms. The highest BCUT2D eigenvalue weighted by Gasteiger charge is 2.30. The van der Waals surface area contributed by atoms with E-state index in [4.69, 9.17) is 0 Å². The number of hydrogen-bond acceptors (Lipinski definition) is 6. The number of halogens is 1. The van der Waals surface area contributed by atoms with Crippen molar-refractivity contribution in [1.82, 2.24) is 15.3 Å². The van der Waals surface area contributed by atoms with Gasteiger partial charge in [0.2, 0.25) is 5.91 Å². The molecule has 0 aliphatic heterocycles. The van der Waals surface area contributed by atoms with E-state index in [1.165, 1.54) is 41.6 Å². The summed E-state index contributed by atoms with van der Waals surface area (Å²) in [7, 11) is 0. The number of fused-ring (bicyclic) bond motifs is 1. The van der Waals surface area contributed by atoms with Crippen LogP contribution in [0.4, 0.5) is 4.39 Å². The lowest BCUT2D eigenvalue weighted by Gasteiger charge is -2.27. The normalized spacial score (nSPS) is 13.3. The van der Waals surface area contributed by atoms with Gasteiger partial charge in [0.1, 0.15) is 27.5 Å². The summed E-state index contributed by atoms with van der Waals surface area (Å²) in [6, 6.07) is 8.43. The Hall–Kier alpha value is -2.50. The number of nitrogens with zero attached hydrogens (tertiary/aromatic N) is 3. The summed E-state index contributed by atoms with van der Waals surface area (Å²) in [6.07, 6.45) is 1.47. The summed E-state index contributed by atoms with van der Waals surface area (Å²) in [5, 5.41) is 15.7. The van der Waals surface area contributed by atoms with Gasteiger partial charge in [0, 0.05) is 10.9 Å². The molecule has 0 spiro atoms. The van der Waals surface area contributed by atoms with Crippen LogP contribution in [0.15, 0.2) is 41.0 Å². The largest absolute Gasteiger partial charge is 0.337 e. The maximum atomic E-state index is 13.3. The van der Waals surface area contributed by atoms with E-state index in [1.807, 2.05) is 19.2 Å². The van der Waals surface area contributed by atoms with Crippen molar-refractivity contribution in [2.75, 3.05) is 5.75 Å². The topological polar surface area (TPSA) is 78.7 Å². The maximum absolute atomic E-state index is 13.3. The molecule has 0 radical (unpaired) electrons. The predicted molar refractivity (Wildman–Crippen MR) is 111 cm³/mol. The van der Waals surface area contributed by atoms with E-state index >= 15 is 0 Å². The minimum atomic E-state index is -0.916. The Bertz CT molecular complexity index is 1040. The summed E-state index contributed by atoms with van der Waals surface area (Å²) in [4.78, 5) is 21.9. The Morgan fingerprint density at radius 3 is 2.71 bits per heavy atom. The zero-order chi connectivity index (χ0) is 20.3. The second-order valence-electron chi connectivity index (χ2n) is 6.82. The van der Waals surface area contributed by atoms with Crippen LogP contribution in [0, 0.1) is 23.1 Å². The van der Waals surface area contributed by atoms with Crippen molar-refractivity contribution in [2.45, 2.75) is 31.3 Å². The first-order valence-corrected chi connectivity index (χ1v) is 10.5. The molecular weight excluding hydrogens is 395 g/mol. The maximum Gasteiger partial charge on any atom is 0.231 e. The first-order chi connectivity index (χ1) is 13.3. The van der Waals surface area contributed by atoms with Crippen molar-refractivity contribution in [1.29, 1.82) is 5.26 Å². The van der Waals surface area contributed by atoms with Crippen molar-refractivity contribution in [2.24, 2.45) is 5.92 Å². The Balaban J connectivity index is 1.84. The molecule has 0 aliphatic rings. The zero-order valence-electron chi connectivity index (χ0n) is 15.7. The average molecular weight is 415 g/mol. The van der Waals surface area contributed by atoms with Crippen molar-refractivity contribution in [3.8, 4) is 17.2 Å². The van der Waals surface area contributed by atoms with Crippen molar-refractivity contribution < 1.29 is 9.18 Å². The van der Waals surface area contributed by atoms with E-state index in [-0.39, 0.29) is 23.4 Å². The lowest BCUT2D eigenvalue weighted by Crippen LogP contribution is -2.49. The summed E-state index contributed by atoms with van der Waals surface area (Å²) in [5.74, 6) is -0.404.